The molecule has 1 unspecified atom stereocenters. The summed E-state index contributed by atoms with van der Waals surface area (Å²) >= 11 is 0. The molecule has 29 heavy (non-hydrogen) atoms. The molecule has 6 rings (SSSR count). The van der Waals surface area contributed by atoms with E-state index in [1.807, 2.05) is 5.57 Å². The molecule has 0 amide bonds. The van der Waals surface area contributed by atoms with Gasteiger partial charge in [0.15, 0.2) is 0 Å². The quantitative estimate of drug-likeness (QED) is 0.667. The Morgan fingerprint density at radius 2 is 1.90 bits per heavy atom. The lowest BCUT2D eigenvalue weighted by atomic mass is 9.46. The smallest absolute Gasteiger partial charge is 0.0843 e. The van der Waals surface area contributed by atoms with E-state index in [1.165, 1.54) is 77.2 Å². The van der Waals surface area contributed by atoms with E-state index >= 15 is 0 Å². The largest absolute Gasteiger partial charge is 0.376 e. The minimum atomic E-state index is 0.352. The fourth-order valence-electron chi connectivity index (χ4n) is 8.81. The first-order valence-corrected chi connectivity index (χ1v) is 12.8. The normalized spacial score (nSPS) is 49.7. The summed E-state index contributed by atoms with van der Waals surface area (Å²) in [7, 11) is 0. The SMILES string of the molecule is C[C@]12CC[C@H]3[C@@H](CC=C4CCCC[C@@]43CNC3CC3)[C@@H]1CC[C@@H]2C1COCCO1. The summed E-state index contributed by atoms with van der Waals surface area (Å²) in [5.74, 6) is 3.45. The van der Waals surface area contributed by atoms with Gasteiger partial charge in [-0.05, 0) is 93.3 Å². The predicted molar refractivity (Wildman–Crippen MR) is 116 cm³/mol. The summed E-state index contributed by atoms with van der Waals surface area (Å²) in [6.07, 6.45) is 18.7. The van der Waals surface area contributed by atoms with Gasteiger partial charge in [0.25, 0.3) is 0 Å². The van der Waals surface area contributed by atoms with Crippen molar-refractivity contribution in [3.05, 3.63) is 11.6 Å². The first-order chi connectivity index (χ1) is 14.2. The maximum atomic E-state index is 6.24. The third kappa shape index (κ3) is 3.09. The molecule has 162 valence electrons. The Morgan fingerprint density at radius 1 is 1.00 bits per heavy atom. The molecule has 3 heteroatoms. The molecule has 0 spiro atoms. The number of rotatable bonds is 4. The molecule has 6 aliphatic rings. The van der Waals surface area contributed by atoms with E-state index in [4.69, 9.17) is 9.47 Å². The van der Waals surface area contributed by atoms with Crippen molar-refractivity contribution in [3.8, 4) is 0 Å². The van der Waals surface area contributed by atoms with E-state index in [0.717, 1.165) is 43.6 Å². The average Bonchev–Trinajstić information content (AvgIpc) is 3.52. The highest BCUT2D eigenvalue weighted by molar-refractivity contribution is 5.26. The van der Waals surface area contributed by atoms with Gasteiger partial charge in [-0.1, -0.05) is 25.0 Å². The third-order valence-corrected chi connectivity index (χ3v) is 10.4. The molecule has 7 atom stereocenters. The maximum Gasteiger partial charge on any atom is 0.0843 e. The van der Waals surface area contributed by atoms with Gasteiger partial charge in [0.1, 0.15) is 0 Å². The Balaban J connectivity index is 1.27. The van der Waals surface area contributed by atoms with Crippen LogP contribution in [0.1, 0.15) is 77.6 Å². The van der Waals surface area contributed by atoms with Gasteiger partial charge in [0, 0.05) is 18.0 Å². The predicted octanol–water partition coefficient (Wildman–Crippen LogP) is 5.10. The number of hydrogen-bond donors (Lipinski definition) is 1. The Morgan fingerprint density at radius 3 is 2.72 bits per heavy atom. The van der Waals surface area contributed by atoms with Crippen LogP contribution in [0.25, 0.3) is 0 Å². The summed E-state index contributed by atoms with van der Waals surface area (Å²) in [4.78, 5) is 0. The zero-order chi connectivity index (χ0) is 19.5. The van der Waals surface area contributed by atoms with Gasteiger partial charge in [-0.3, -0.25) is 0 Å². The number of fused-ring (bicyclic) bond motifs is 5. The van der Waals surface area contributed by atoms with Crippen molar-refractivity contribution in [1.29, 1.82) is 0 Å². The van der Waals surface area contributed by atoms with Gasteiger partial charge in [-0.15, -0.1) is 0 Å². The monoisotopic (exact) mass is 399 g/mol. The van der Waals surface area contributed by atoms with Gasteiger partial charge in [-0.2, -0.15) is 0 Å². The molecule has 1 heterocycles. The van der Waals surface area contributed by atoms with Crippen molar-refractivity contribution >= 4 is 0 Å². The molecule has 0 bridgehead atoms. The molecule has 1 N–H and O–H groups in total. The average molecular weight is 400 g/mol. The second-order valence-corrected chi connectivity index (χ2v) is 11.6. The van der Waals surface area contributed by atoms with Crippen LogP contribution in [0.4, 0.5) is 0 Å². The van der Waals surface area contributed by atoms with Gasteiger partial charge >= 0.3 is 0 Å². The van der Waals surface area contributed by atoms with Crippen LogP contribution in [0.2, 0.25) is 0 Å². The molecular formula is C26H41NO2. The summed E-state index contributed by atoms with van der Waals surface area (Å²) in [6.45, 7) is 6.34. The van der Waals surface area contributed by atoms with Crippen LogP contribution in [0.3, 0.4) is 0 Å². The zero-order valence-electron chi connectivity index (χ0n) is 18.5. The second-order valence-electron chi connectivity index (χ2n) is 11.6. The van der Waals surface area contributed by atoms with Crippen molar-refractivity contribution in [2.75, 3.05) is 26.4 Å². The Bertz CT molecular complexity index is 651. The Hall–Kier alpha value is -0.380. The summed E-state index contributed by atoms with van der Waals surface area (Å²) in [6, 6.07) is 0.834. The molecule has 0 aromatic rings. The molecule has 3 nitrogen and oxygen atoms in total. The van der Waals surface area contributed by atoms with E-state index in [-0.39, 0.29) is 0 Å². The van der Waals surface area contributed by atoms with Crippen molar-refractivity contribution in [1.82, 2.24) is 5.32 Å². The highest BCUT2D eigenvalue weighted by atomic mass is 16.6. The van der Waals surface area contributed by atoms with Gasteiger partial charge in [0.2, 0.25) is 0 Å². The highest BCUT2D eigenvalue weighted by Gasteiger charge is 2.60. The van der Waals surface area contributed by atoms with E-state index in [0.29, 0.717) is 22.9 Å². The Labute approximate surface area is 177 Å². The lowest BCUT2D eigenvalue weighted by Gasteiger charge is -2.59. The van der Waals surface area contributed by atoms with Crippen LogP contribution >= 0.6 is 0 Å². The number of ether oxygens (including phenoxy) is 2. The first-order valence-electron chi connectivity index (χ1n) is 12.8. The van der Waals surface area contributed by atoms with Gasteiger partial charge < -0.3 is 14.8 Å². The highest BCUT2D eigenvalue weighted by Crippen LogP contribution is 2.66. The van der Waals surface area contributed by atoms with E-state index in [9.17, 15) is 0 Å². The lowest BCUT2D eigenvalue weighted by Crippen LogP contribution is -2.55. The van der Waals surface area contributed by atoms with Crippen molar-refractivity contribution in [2.45, 2.75) is 89.7 Å². The van der Waals surface area contributed by atoms with Crippen LogP contribution in [0, 0.1) is 34.5 Å². The van der Waals surface area contributed by atoms with Gasteiger partial charge in [0.05, 0.1) is 25.9 Å². The lowest BCUT2D eigenvalue weighted by molar-refractivity contribution is -0.143. The Kier molecular flexibility index (Phi) is 4.89. The molecule has 5 fully saturated rings. The summed E-state index contributed by atoms with van der Waals surface area (Å²) < 4.78 is 12.1. The molecular weight excluding hydrogens is 358 g/mol. The maximum absolute atomic E-state index is 6.24. The van der Waals surface area contributed by atoms with Crippen molar-refractivity contribution in [3.63, 3.8) is 0 Å². The molecule has 1 saturated heterocycles. The fraction of sp³-hybridized carbons (Fsp3) is 0.923. The van der Waals surface area contributed by atoms with Crippen LogP contribution in [-0.2, 0) is 9.47 Å². The van der Waals surface area contributed by atoms with Crippen LogP contribution in [0.5, 0.6) is 0 Å². The van der Waals surface area contributed by atoms with E-state index < -0.39 is 0 Å². The second kappa shape index (κ2) is 7.35. The van der Waals surface area contributed by atoms with E-state index in [2.05, 4.69) is 18.3 Å². The minimum Gasteiger partial charge on any atom is -0.376 e. The van der Waals surface area contributed by atoms with Gasteiger partial charge in [-0.25, -0.2) is 0 Å². The molecule has 0 radical (unpaired) electrons. The van der Waals surface area contributed by atoms with Crippen LogP contribution < -0.4 is 5.32 Å². The standard InChI is InChI=1S/C26H41NO2/c1-25-13-11-22-20(21(25)9-10-23(25)24-16-28-14-15-29-24)8-5-18-4-2-3-12-26(18,22)17-27-19-6-7-19/h5,19-24,27H,2-4,6-17H2,1H3/t20-,21-,22-,23+,24?,25-,26+/m0/s1. The molecule has 0 aromatic carbocycles. The number of hydrogen-bond acceptors (Lipinski definition) is 3. The summed E-state index contributed by atoms with van der Waals surface area (Å²) in [5, 5.41) is 4.00. The molecule has 1 aliphatic heterocycles. The van der Waals surface area contributed by atoms with Crippen LogP contribution in [0.15, 0.2) is 11.6 Å². The van der Waals surface area contributed by atoms with E-state index in [1.54, 1.807) is 0 Å². The summed E-state index contributed by atoms with van der Waals surface area (Å²) in [5.41, 5.74) is 2.82. The minimum absolute atomic E-state index is 0.352. The molecule has 5 aliphatic carbocycles. The molecule has 0 aromatic heterocycles. The number of nitrogens with one attached hydrogen (secondary N) is 1. The first kappa shape index (κ1) is 19.3. The van der Waals surface area contributed by atoms with Crippen molar-refractivity contribution in [2.24, 2.45) is 34.5 Å². The fourth-order valence-corrected chi connectivity index (χ4v) is 8.81. The van der Waals surface area contributed by atoms with Crippen LogP contribution in [-0.4, -0.2) is 38.5 Å². The topological polar surface area (TPSA) is 30.5 Å². The zero-order valence-corrected chi connectivity index (χ0v) is 18.5. The number of allylic oxidation sites excluding steroid dienone is 1. The molecule has 4 saturated carbocycles. The third-order valence-electron chi connectivity index (χ3n) is 10.4. The van der Waals surface area contributed by atoms with Crippen molar-refractivity contribution < 1.29 is 9.47 Å².